The van der Waals surface area contributed by atoms with E-state index in [1.807, 2.05) is 6.26 Å². The van der Waals surface area contributed by atoms with E-state index in [9.17, 15) is 4.79 Å². The van der Waals surface area contributed by atoms with Crippen LogP contribution in [0.4, 0.5) is 0 Å². The molecular weight excluding hydrogens is 360 g/mol. The van der Waals surface area contributed by atoms with E-state index in [2.05, 4.69) is 31.9 Å². The lowest BCUT2D eigenvalue weighted by Gasteiger charge is -2.10. The highest BCUT2D eigenvalue weighted by Crippen LogP contribution is 2.34. The second-order valence-corrected chi connectivity index (χ2v) is 5.61. The molecule has 88 valence electrons. The van der Waals surface area contributed by atoms with E-state index in [-0.39, 0.29) is 5.56 Å². The summed E-state index contributed by atoms with van der Waals surface area (Å²) in [5.74, 6) is 0.565. The fourth-order valence-electron chi connectivity index (χ4n) is 1.05. The number of aromatic carboxylic acids is 1. The molecule has 0 unspecified atom stereocenters. The molecule has 1 N–H and O–H groups in total. The second kappa shape index (κ2) is 6.51. The van der Waals surface area contributed by atoms with Crippen LogP contribution < -0.4 is 4.74 Å². The van der Waals surface area contributed by atoms with Crippen LogP contribution in [0.2, 0.25) is 0 Å². The second-order valence-electron chi connectivity index (χ2n) is 2.92. The predicted octanol–water partition coefficient (Wildman–Crippen LogP) is 3.65. The van der Waals surface area contributed by atoms with E-state index in [0.29, 0.717) is 21.3 Å². The zero-order valence-electron chi connectivity index (χ0n) is 8.50. The maximum atomic E-state index is 10.8. The van der Waals surface area contributed by atoms with Gasteiger partial charge in [-0.2, -0.15) is 11.8 Å². The van der Waals surface area contributed by atoms with Crippen molar-refractivity contribution in [3.05, 3.63) is 26.6 Å². The summed E-state index contributed by atoms with van der Waals surface area (Å²) in [4.78, 5) is 10.8. The third kappa shape index (κ3) is 3.68. The van der Waals surface area contributed by atoms with Gasteiger partial charge in [0, 0.05) is 5.75 Å². The molecule has 0 amide bonds. The van der Waals surface area contributed by atoms with Crippen molar-refractivity contribution in [3.8, 4) is 5.75 Å². The molecule has 0 radical (unpaired) electrons. The number of carbonyl (C=O) groups is 1. The number of ether oxygens (including phenoxy) is 1. The average Bonchev–Trinajstić information content (AvgIpc) is 2.21. The first-order chi connectivity index (χ1) is 7.56. The first kappa shape index (κ1) is 13.9. The average molecular weight is 370 g/mol. The largest absolute Gasteiger partial charge is 0.490 e. The van der Waals surface area contributed by atoms with Crippen molar-refractivity contribution in [2.24, 2.45) is 0 Å². The Hall–Kier alpha value is -0.200. The minimum atomic E-state index is -0.961. The highest BCUT2D eigenvalue weighted by molar-refractivity contribution is 9.11. The van der Waals surface area contributed by atoms with Crippen LogP contribution in [0.15, 0.2) is 21.1 Å². The number of carboxylic acid groups (broad SMARTS) is 1. The number of thioether (sulfide) groups is 1. The van der Waals surface area contributed by atoms with Crippen LogP contribution in [0.5, 0.6) is 5.75 Å². The van der Waals surface area contributed by atoms with E-state index in [4.69, 9.17) is 9.84 Å². The molecule has 0 aromatic heterocycles. The molecule has 3 nitrogen and oxygen atoms in total. The summed E-state index contributed by atoms with van der Waals surface area (Å²) >= 11 is 8.28. The number of rotatable bonds is 5. The Bertz CT molecular complexity index is 373. The number of halogens is 2. The van der Waals surface area contributed by atoms with E-state index in [1.54, 1.807) is 11.8 Å². The lowest BCUT2D eigenvalue weighted by atomic mass is 10.2. The summed E-state index contributed by atoms with van der Waals surface area (Å²) in [6.07, 6.45) is 2.00. The summed E-state index contributed by atoms with van der Waals surface area (Å²) in [6.45, 7) is 0.588. The maximum absolute atomic E-state index is 10.8. The minimum absolute atomic E-state index is 0.218. The first-order valence-electron chi connectivity index (χ1n) is 4.40. The molecule has 0 saturated heterocycles. The van der Waals surface area contributed by atoms with Gasteiger partial charge in [0.1, 0.15) is 5.75 Å². The number of hydrogen-bond donors (Lipinski definition) is 1. The number of carboxylic acids is 1. The lowest BCUT2D eigenvalue weighted by Crippen LogP contribution is -2.03. The molecule has 1 aromatic carbocycles. The summed E-state index contributed by atoms with van der Waals surface area (Å²) in [5, 5.41) is 8.85. The van der Waals surface area contributed by atoms with Gasteiger partial charge in [-0.1, -0.05) is 0 Å². The maximum Gasteiger partial charge on any atom is 0.335 e. The molecule has 0 fully saturated rings. The Balaban J connectivity index is 2.89. The van der Waals surface area contributed by atoms with Crippen LogP contribution in [0, 0.1) is 0 Å². The molecule has 0 aliphatic heterocycles. The molecule has 1 aromatic rings. The molecule has 0 saturated carbocycles. The molecular formula is C10H10Br2O3S. The highest BCUT2D eigenvalue weighted by Gasteiger charge is 2.12. The number of benzene rings is 1. The van der Waals surface area contributed by atoms with Crippen molar-refractivity contribution in [2.45, 2.75) is 0 Å². The van der Waals surface area contributed by atoms with Crippen molar-refractivity contribution in [3.63, 3.8) is 0 Å². The van der Waals surface area contributed by atoms with Crippen LogP contribution in [-0.2, 0) is 0 Å². The van der Waals surface area contributed by atoms with E-state index in [0.717, 1.165) is 5.75 Å². The molecule has 0 aliphatic rings. The fourth-order valence-corrected chi connectivity index (χ4v) is 2.71. The molecule has 16 heavy (non-hydrogen) atoms. The van der Waals surface area contributed by atoms with Crippen molar-refractivity contribution in [1.29, 1.82) is 0 Å². The smallest absolute Gasteiger partial charge is 0.335 e. The van der Waals surface area contributed by atoms with Gasteiger partial charge in [-0.3, -0.25) is 0 Å². The quantitative estimate of drug-likeness (QED) is 0.804. The van der Waals surface area contributed by atoms with E-state index >= 15 is 0 Å². The summed E-state index contributed by atoms with van der Waals surface area (Å²) in [7, 11) is 0. The SMILES string of the molecule is CSCCOc1c(Br)cc(C(=O)O)cc1Br. The minimum Gasteiger partial charge on any atom is -0.490 e. The van der Waals surface area contributed by atoms with Crippen LogP contribution >= 0.6 is 43.6 Å². The molecule has 0 bridgehead atoms. The van der Waals surface area contributed by atoms with Gasteiger partial charge in [0.05, 0.1) is 21.1 Å². The Kier molecular flexibility index (Phi) is 5.64. The van der Waals surface area contributed by atoms with E-state index in [1.165, 1.54) is 12.1 Å². The Morgan fingerprint density at radius 3 is 2.44 bits per heavy atom. The van der Waals surface area contributed by atoms with E-state index < -0.39 is 5.97 Å². The van der Waals surface area contributed by atoms with Gasteiger partial charge in [0.25, 0.3) is 0 Å². The first-order valence-corrected chi connectivity index (χ1v) is 7.38. The van der Waals surface area contributed by atoms with Gasteiger partial charge in [-0.15, -0.1) is 0 Å². The zero-order chi connectivity index (χ0) is 12.1. The van der Waals surface area contributed by atoms with Crippen LogP contribution in [0.1, 0.15) is 10.4 Å². The van der Waals surface area contributed by atoms with Gasteiger partial charge in [0.15, 0.2) is 0 Å². The molecule has 0 aliphatic carbocycles. The van der Waals surface area contributed by atoms with Crippen molar-refractivity contribution in [2.75, 3.05) is 18.6 Å². The topological polar surface area (TPSA) is 46.5 Å². The van der Waals surface area contributed by atoms with Crippen molar-refractivity contribution < 1.29 is 14.6 Å². The van der Waals surface area contributed by atoms with Crippen molar-refractivity contribution >= 4 is 49.6 Å². The fraction of sp³-hybridized carbons (Fsp3) is 0.300. The molecule has 0 atom stereocenters. The van der Waals surface area contributed by atoms with Crippen molar-refractivity contribution in [1.82, 2.24) is 0 Å². The Labute approximate surface area is 115 Å². The highest BCUT2D eigenvalue weighted by atomic mass is 79.9. The summed E-state index contributed by atoms with van der Waals surface area (Å²) in [6, 6.07) is 3.06. The van der Waals surface area contributed by atoms with Crippen LogP contribution in [0.25, 0.3) is 0 Å². The van der Waals surface area contributed by atoms with Gasteiger partial charge in [-0.25, -0.2) is 4.79 Å². The molecule has 6 heteroatoms. The monoisotopic (exact) mass is 368 g/mol. The van der Waals surface area contributed by atoms with Gasteiger partial charge in [0.2, 0.25) is 0 Å². The van der Waals surface area contributed by atoms with Gasteiger partial charge in [-0.05, 0) is 50.2 Å². The van der Waals surface area contributed by atoms with Gasteiger partial charge < -0.3 is 9.84 Å². The van der Waals surface area contributed by atoms with Crippen LogP contribution in [-0.4, -0.2) is 29.7 Å². The van der Waals surface area contributed by atoms with Gasteiger partial charge >= 0.3 is 5.97 Å². The molecule has 1 rings (SSSR count). The third-order valence-corrected chi connectivity index (χ3v) is 3.53. The predicted molar refractivity (Wildman–Crippen MR) is 72.7 cm³/mol. The zero-order valence-corrected chi connectivity index (χ0v) is 12.5. The molecule has 0 spiro atoms. The number of hydrogen-bond acceptors (Lipinski definition) is 3. The van der Waals surface area contributed by atoms with Crippen LogP contribution in [0.3, 0.4) is 0 Å². The normalized spacial score (nSPS) is 10.2. The Morgan fingerprint density at radius 1 is 1.44 bits per heavy atom. The standard InChI is InChI=1S/C10H10Br2O3S/c1-16-3-2-15-9-7(11)4-6(10(13)14)5-8(9)12/h4-5H,2-3H2,1H3,(H,13,14). The summed E-state index contributed by atoms with van der Waals surface area (Å²) in [5.41, 5.74) is 0.218. The lowest BCUT2D eigenvalue weighted by molar-refractivity contribution is 0.0696. The third-order valence-electron chi connectivity index (χ3n) is 1.78. The molecule has 0 heterocycles. The summed E-state index contributed by atoms with van der Waals surface area (Å²) < 4.78 is 6.81. The Morgan fingerprint density at radius 2 is 2.00 bits per heavy atom.